The summed E-state index contributed by atoms with van der Waals surface area (Å²) >= 11 is 0. The monoisotopic (exact) mass is 320 g/mol. The van der Waals surface area contributed by atoms with Crippen molar-refractivity contribution in [2.24, 2.45) is 0 Å². The Balaban J connectivity index is 1.85. The van der Waals surface area contributed by atoms with E-state index in [2.05, 4.69) is 29.3 Å². The Morgan fingerprint density at radius 3 is 2.78 bits per heavy atom. The van der Waals surface area contributed by atoms with Crippen molar-refractivity contribution < 1.29 is 14.2 Å². The van der Waals surface area contributed by atoms with Gasteiger partial charge in [-0.1, -0.05) is 26.2 Å². The Labute approximate surface area is 138 Å². The minimum Gasteiger partial charge on any atom is -0.493 e. The van der Waals surface area contributed by atoms with Crippen LogP contribution in [0.4, 0.5) is 0 Å². The fourth-order valence-corrected chi connectivity index (χ4v) is 3.48. The first-order chi connectivity index (χ1) is 11.3. The number of nitrogens with zero attached hydrogens (tertiary/aromatic N) is 1. The number of rotatable bonds is 7. The predicted octanol–water partition coefficient (Wildman–Crippen LogP) is 2.95. The van der Waals surface area contributed by atoms with Gasteiger partial charge in [0, 0.05) is 32.2 Å². The van der Waals surface area contributed by atoms with Crippen LogP contribution in [0.2, 0.25) is 0 Å². The van der Waals surface area contributed by atoms with Crippen LogP contribution in [0, 0.1) is 0 Å². The van der Waals surface area contributed by atoms with Gasteiger partial charge in [0.05, 0.1) is 7.11 Å². The second kappa shape index (κ2) is 7.88. The van der Waals surface area contributed by atoms with Crippen molar-refractivity contribution in [2.75, 3.05) is 40.1 Å². The van der Waals surface area contributed by atoms with Crippen molar-refractivity contribution in [3.63, 3.8) is 0 Å². The molecule has 0 bridgehead atoms. The van der Waals surface area contributed by atoms with Crippen molar-refractivity contribution in [1.29, 1.82) is 0 Å². The molecule has 2 aliphatic heterocycles. The number of hydrogen-bond acceptors (Lipinski definition) is 5. The first kappa shape index (κ1) is 16.4. The lowest BCUT2D eigenvalue weighted by molar-refractivity contribution is 0.162. The van der Waals surface area contributed by atoms with Gasteiger partial charge in [-0.15, -0.1) is 0 Å². The molecule has 1 N–H and O–H groups in total. The molecule has 5 heteroatoms. The molecule has 1 aromatic rings. The Kier molecular flexibility index (Phi) is 5.62. The number of nitrogens with one attached hydrogen (secondary N) is 1. The van der Waals surface area contributed by atoms with E-state index < -0.39 is 0 Å². The number of unbranched alkanes of at least 4 members (excludes halogenated alkanes) is 2. The van der Waals surface area contributed by atoms with Crippen molar-refractivity contribution in [3.05, 3.63) is 17.7 Å². The number of benzene rings is 1. The molecule has 0 aromatic heterocycles. The van der Waals surface area contributed by atoms with Crippen LogP contribution in [0.5, 0.6) is 17.2 Å². The highest BCUT2D eigenvalue weighted by atomic mass is 16.7. The van der Waals surface area contributed by atoms with Crippen LogP contribution >= 0.6 is 0 Å². The maximum atomic E-state index is 5.61. The molecule has 5 nitrogen and oxygen atoms in total. The van der Waals surface area contributed by atoms with E-state index in [4.69, 9.17) is 14.2 Å². The Morgan fingerprint density at radius 2 is 2.04 bits per heavy atom. The highest BCUT2D eigenvalue weighted by Gasteiger charge is 2.26. The molecule has 128 valence electrons. The molecule has 0 amide bonds. The van der Waals surface area contributed by atoms with Gasteiger partial charge >= 0.3 is 0 Å². The van der Waals surface area contributed by atoms with Crippen LogP contribution in [0.3, 0.4) is 0 Å². The molecule has 1 fully saturated rings. The third-order valence-corrected chi connectivity index (χ3v) is 4.74. The molecule has 2 heterocycles. The van der Waals surface area contributed by atoms with E-state index in [0.29, 0.717) is 6.04 Å². The molecule has 0 unspecified atom stereocenters. The molecule has 1 aromatic carbocycles. The average Bonchev–Trinajstić information content (AvgIpc) is 3.07. The van der Waals surface area contributed by atoms with Crippen LogP contribution in [-0.2, 0) is 0 Å². The van der Waals surface area contributed by atoms with E-state index in [0.717, 1.165) is 43.4 Å². The number of methoxy groups -OCH3 is 1. The fourth-order valence-electron chi connectivity index (χ4n) is 3.48. The van der Waals surface area contributed by atoms with Crippen LogP contribution < -0.4 is 19.5 Å². The molecule has 2 aliphatic rings. The van der Waals surface area contributed by atoms with Gasteiger partial charge in [-0.2, -0.15) is 0 Å². The van der Waals surface area contributed by atoms with E-state index in [1.807, 2.05) is 0 Å². The normalized spacial score (nSPS) is 18.9. The number of fused-ring (bicyclic) bond motifs is 1. The maximum Gasteiger partial charge on any atom is 0.231 e. The summed E-state index contributed by atoms with van der Waals surface area (Å²) < 4.78 is 16.7. The summed E-state index contributed by atoms with van der Waals surface area (Å²) in [7, 11) is 1.69. The van der Waals surface area contributed by atoms with Crippen molar-refractivity contribution in [3.8, 4) is 17.2 Å². The van der Waals surface area contributed by atoms with Crippen molar-refractivity contribution in [1.82, 2.24) is 10.2 Å². The lowest BCUT2D eigenvalue weighted by atomic mass is 9.97. The third kappa shape index (κ3) is 3.72. The number of ether oxygens (including phenoxy) is 3. The number of piperazine rings is 1. The highest BCUT2D eigenvalue weighted by molar-refractivity contribution is 5.55. The van der Waals surface area contributed by atoms with Crippen LogP contribution in [0.25, 0.3) is 0 Å². The summed E-state index contributed by atoms with van der Waals surface area (Å²) in [5.41, 5.74) is 1.28. The van der Waals surface area contributed by atoms with Gasteiger partial charge in [-0.05, 0) is 24.1 Å². The van der Waals surface area contributed by atoms with Crippen LogP contribution in [0.15, 0.2) is 12.1 Å². The second-order valence-electron chi connectivity index (χ2n) is 6.25. The number of hydrogen-bond donors (Lipinski definition) is 1. The maximum absolute atomic E-state index is 5.61. The molecular weight excluding hydrogens is 292 g/mol. The summed E-state index contributed by atoms with van der Waals surface area (Å²) in [6.07, 6.45) is 4.96. The largest absolute Gasteiger partial charge is 0.493 e. The van der Waals surface area contributed by atoms with E-state index >= 15 is 0 Å². The summed E-state index contributed by atoms with van der Waals surface area (Å²) in [4.78, 5) is 2.59. The third-order valence-electron chi connectivity index (χ3n) is 4.74. The SMILES string of the molecule is CCCCC[C@H](c1cc(OC)c2c(c1)OCO2)N1CCNCC1. The van der Waals surface area contributed by atoms with Gasteiger partial charge in [0.2, 0.25) is 12.5 Å². The highest BCUT2D eigenvalue weighted by Crippen LogP contribution is 2.44. The van der Waals surface area contributed by atoms with Gasteiger partial charge in [-0.25, -0.2) is 0 Å². The first-order valence-electron chi connectivity index (χ1n) is 8.75. The molecule has 0 aliphatic carbocycles. The van der Waals surface area contributed by atoms with E-state index in [-0.39, 0.29) is 6.79 Å². The smallest absolute Gasteiger partial charge is 0.231 e. The molecule has 1 saturated heterocycles. The van der Waals surface area contributed by atoms with Gasteiger partial charge in [0.25, 0.3) is 0 Å². The Morgan fingerprint density at radius 1 is 1.22 bits per heavy atom. The second-order valence-corrected chi connectivity index (χ2v) is 6.25. The Hall–Kier alpha value is -1.46. The molecule has 3 rings (SSSR count). The molecule has 1 atom stereocenters. The van der Waals surface area contributed by atoms with E-state index in [1.165, 1.54) is 31.2 Å². The standard InChI is InChI=1S/C18H28N2O3/c1-3-4-5-6-15(20-9-7-19-8-10-20)14-11-16(21-2)18-17(12-14)22-13-23-18/h11-12,15,19H,3-10,13H2,1-2H3/t15-/m1/s1. The summed E-state index contributed by atoms with van der Waals surface area (Å²) in [6.45, 7) is 6.84. The van der Waals surface area contributed by atoms with Gasteiger partial charge in [-0.3, -0.25) is 4.90 Å². The van der Waals surface area contributed by atoms with Crippen LogP contribution in [-0.4, -0.2) is 45.0 Å². The van der Waals surface area contributed by atoms with Gasteiger partial charge in [0.15, 0.2) is 11.5 Å². The lowest BCUT2D eigenvalue weighted by Gasteiger charge is -2.35. The fraction of sp³-hybridized carbons (Fsp3) is 0.667. The summed E-state index contributed by atoms with van der Waals surface area (Å²) in [5.74, 6) is 2.34. The average molecular weight is 320 g/mol. The quantitative estimate of drug-likeness (QED) is 0.783. The first-order valence-corrected chi connectivity index (χ1v) is 8.75. The molecule has 0 saturated carbocycles. The van der Waals surface area contributed by atoms with Gasteiger partial charge < -0.3 is 19.5 Å². The minimum absolute atomic E-state index is 0.281. The zero-order valence-electron chi connectivity index (χ0n) is 14.3. The topological polar surface area (TPSA) is 43.0 Å². The lowest BCUT2D eigenvalue weighted by Crippen LogP contribution is -2.45. The minimum atomic E-state index is 0.281. The zero-order chi connectivity index (χ0) is 16.1. The molecule has 0 radical (unpaired) electrons. The molecule has 0 spiro atoms. The van der Waals surface area contributed by atoms with Crippen LogP contribution in [0.1, 0.15) is 44.2 Å². The summed E-state index contributed by atoms with van der Waals surface area (Å²) in [5, 5.41) is 3.44. The van der Waals surface area contributed by atoms with E-state index in [1.54, 1.807) is 7.11 Å². The predicted molar refractivity (Wildman–Crippen MR) is 90.4 cm³/mol. The summed E-state index contributed by atoms with van der Waals surface area (Å²) in [6, 6.07) is 4.70. The van der Waals surface area contributed by atoms with Gasteiger partial charge in [0.1, 0.15) is 0 Å². The van der Waals surface area contributed by atoms with Crippen molar-refractivity contribution >= 4 is 0 Å². The molecular formula is C18H28N2O3. The van der Waals surface area contributed by atoms with E-state index in [9.17, 15) is 0 Å². The Bertz CT molecular complexity index is 515. The molecule has 23 heavy (non-hydrogen) atoms. The zero-order valence-corrected chi connectivity index (χ0v) is 14.3. The van der Waals surface area contributed by atoms with Crippen molar-refractivity contribution in [2.45, 2.75) is 38.6 Å².